The Labute approximate surface area is 92.7 Å². The van der Waals surface area contributed by atoms with Crippen molar-refractivity contribution in [2.24, 2.45) is 11.7 Å². The van der Waals surface area contributed by atoms with Crippen LogP contribution < -0.4 is 5.73 Å². The van der Waals surface area contributed by atoms with Crippen molar-refractivity contribution in [3.63, 3.8) is 0 Å². The lowest BCUT2D eigenvalue weighted by Gasteiger charge is -2.34. The molecule has 7 heteroatoms. The summed E-state index contributed by atoms with van der Waals surface area (Å²) in [7, 11) is 1.93. The van der Waals surface area contributed by atoms with Gasteiger partial charge in [-0.05, 0) is 7.05 Å². The topological polar surface area (TPSA) is 56.4 Å². The lowest BCUT2D eigenvalue weighted by atomic mass is 10.1. The Morgan fingerprint density at radius 2 is 1.81 bits per heavy atom. The van der Waals surface area contributed by atoms with E-state index < -0.39 is 17.9 Å². The van der Waals surface area contributed by atoms with Gasteiger partial charge in [-0.15, -0.1) is 0 Å². The van der Waals surface area contributed by atoms with E-state index in [2.05, 4.69) is 4.90 Å². The average Bonchev–Trinajstić information content (AvgIpc) is 2.14. The van der Waals surface area contributed by atoms with Crippen molar-refractivity contribution in [2.45, 2.75) is 6.18 Å². The largest absolute Gasteiger partial charge is 0.399 e. The average molecular weight is 238 g/mol. The zero-order chi connectivity index (χ0) is 12.3. The lowest BCUT2D eigenvalue weighted by molar-refractivity contribution is -0.160. The number of halogens is 3. The molecule has 0 aromatic carbocycles. The summed E-state index contributed by atoms with van der Waals surface area (Å²) in [6.07, 6.45) is -4.42. The van der Waals surface area contributed by atoms with E-state index in [0.29, 0.717) is 13.1 Å². The predicted octanol–water partition coefficient (Wildman–Crippen LogP) is 0.348. The molecule has 1 fully saturated rings. The fraction of sp³-hybridized carbons (Fsp3) is 0.889. The van der Waals surface area contributed by atoms with Crippen molar-refractivity contribution >= 4 is 5.84 Å². The first-order valence-electron chi connectivity index (χ1n) is 5.12. The molecule has 0 aromatic heterocycles. The third kappa shape index (κ3) is 3.64. The minimum Gasteiger partial charge on any atom is -0.387 e. The quantitative estimate of drug-likeness (QED) is 0.551. The number of rotatable bonds is 3. The molecule has 1 heterocycles. The van der Waals surface area contributed by atoms with E-state index in [-0.39, 0.29) is 6.54 Å². The molecule has 1 atom stereocenters. The number of amidine groups is 1. The molecule has 16 heavy (non-hydrogen) atoms. The van der Waals surface area contributed by atoms with Gasteiger partial charge in [-0.1, -0.05) is 0 Å². The molecular formula is C9H17F3N4. The van der Waals surface area contributed by atoms with Crippen LogP contribution in [-0.2, 0) is 0 Å². The number of hydrogen-bond acceptors (Lipinski definition) is 3. The third-order valence-electron chi connectivity index (χ3n) is 2.81. The smallest absolute Gasteiger partial charge is 0.387 e. The van der Waals surface area contributed by atoms with E-state index in [0.717, 1.165) is 13.1 Å². The monoisotopic (exact) mass is 238 g/mol. The Balaban J connectivity index is 2.53. The van der Waals surface area contributed by atoms with Gasteiger partial charge in [0.1, 0.15) is 11.8 Å². The van der Waals surface area contributed by atoms with Crippen molar-refractivity contribution in [1.82, 2.24) is 9.80 Å². The Hall–Kier alpha value is -0.820. The van der Waals surface area contributed by atoms with Crippen molar-refractivity contribution < 1.29 is 13.2 Å². The second-order valence-electron chi connectivity index (χ2n) is 4.15. The minimum atomic E-state index is -4.42. The maximum absolute atomic E-state index is 12.5. The number of piperazine rings is 1. The van der Waals surface area contributed by atoms with E-state index in [1.54, 1.807) is 4.90 Å². The fourth-order valence-electron chi connectivity index (χ4n) is 1.67. The van der Waals surface area contributed by atoms with Gasteiger partial charge in [0.2, 0.25) is 0 Å². The molecule has 0 radical (unpaired) electrons. The van der Waals surface area contributed by atoms with Gasteiger partial charge < -0.3 is 10.6 Å². The van der Waals surface area contributed by atoms with Crippen LogP contribution in [0.15, 0.2) is 0 Å². The third-order valence-corrected chi connectivity index (χ3v) is 2.81. The van der Waals surface area contributed by atoms with E-state index in [1.807, 2.05) is 7.05 Å². The van der Waals surface area contributed by atoms with Crippen LogP contribution in [0.5, 0.6) is 0 Å². The van der Waals surface area contributed by atoms with Crippen molar-refractivity contribution in [3.05, 3.63) is 0 Å². The first-order chi connectivity index (χ1) is 7.30. The van der Waals surface area contributed by atoms with E-state index >= 15 is 0 Å². The van der Waals surface area contributed by atoms with Gasteiger partial charge >= 0.3 is 6.18 Å². The maximum atomic E-state index is 12.5. The Morgan fingerprint density at radius 3 is 2.19 bits per heavy atom. The normalized spacial score (nSPS) is 22.0. The van der Waals surface area contributed by atoms with Gasteiger partial charge in [0, 0.05) is 32.7 Å². The van der Waals surface area contributed by atoms with Crippen molar-refractivity contribution in [2.75, 3.05) is 39.8 Å². The summed E-state index contributed by atoms with van der Waals surface area (Å²) in [4.78, 5) is 3.77. The summed E-state index contributed by atoms with van der Waals surface area (Å²) in [5.74, 6) is -2.64. The highest BCUT2D eigenvalue weighted by Gasteiger charge is 2.42. The highest BCUT2D eigenvalue weighted by molar-refractivity contribution is 5.80. The Morgan fingerprint density at radius 1 is 1.31 bits per heavy atom. The van der Waals surface area contributed by atoms with Gasteiger partial charge in [0.25, 0.3) is 0 Å². The molecule has 0 bridgehead atoms. The van der Waals surface area contributed by atoms with Crippen LogP contribution in [0.3, 0.4) is 0 Å². The van der Waals surface area contributed by atoms with Gasteiger partial charge in [-0.3, -0.25) is 10.3 Å². The molecular weight excluding hydrogens is 221 g/mol. The molecule has 0 aliphatic carbocycles. The van der Waals surface area contributed by atoms with Crippen LogP contribution in [0.4, 0.5) is 13.2 Å². The molecule has 3 N–H and O–H groups in total. The van der Waals surface area contributed by atoms with Gasteiger partial charge in [-0.25, -0.2) is 0 Å². The van der Waals surface area contributed by atoms with Crippen LogP contribution in [0, 0.1) is 11.3 Å². The van der Waals surface area contributed by atoms with Crippen LogP contribution in [-0.4, -0.2) is 61.6 Å². The molecule has 1 aliphatic heterocycles. The lowest BCUT2D eigenvalue weighted by Crippen LogP contribution is -2.50. The number of likely N-dealkylation sites (N-methyl/N-ethyl adjacent to an activating group) is 1. The Kier molecular flexibility index (Phi) is 4.15. The molecule has 4 nitrogen and oxygen atoms in total. The highest BCUT2D eigenvalue weighted by Crippen LogP contribution is 2.27. The number of nitrogens with zero attached hydrogens (tertiary/aromatic N) is 2. The van der Waals surface area contributed by atoms with E-state index in [1.165, 1.54) is 0 Å². The van der Waals surface area contributed by atoms with Crippen LogP contribution in [0.25, 0.3) is 0 Å². The maximum Gasteiger partial charge on any atom is 0.399 e. The van der Waals surface area contributed by atoms with Crippen molar-refractivity contribution in [3.8, 4) is 0 Å². The zero-order valence-electron chi connectivity index (χ0n) is 9.22. The van der Waals surface area contributed by atoms with Crippen LogP contribution in [0.2, 0.25) is 0 Å². The van der Waals surface area contributed by atoms with Gasteiger partial charge in [0.15, 0.2) is 0 Å². The van der Waals surface area contributed by atoms with Crippen molar-refractivity contribution in [1.29, 1.82) is 5.41 Å². The van der Waals surface area contributed by atoms with Crippen LogP contribution >= 0.6 is 0 Å². The zero-order valence-corrected chi connectivity index (χ0v) is 9.22. The number of nitrogens with two attached hydrogens (primary N) is 1. The summed E-state index contributed by atoms with van der Waals surface area (Å²) < 4.78 is 37.6. The number of hydrogen-bond donors (Lipinski definition) is 2. The molecule has 0 amide bonds. The first-order valence-corrected chi connectivity index (χ1v) is 5.12. The molecule has 1 saturated heterocycles. The first kappa shape index (κ1) is 13.2. The Bertz CT molecular complexity index is 246. The molecule has 1 aliphatic rings. The molecule has 1 rings (SSSR count). The summed E-state index contributed by atoms with van der Waals surface area (Å²) in [6, 6.07) is 0. The second-order valence-corrected chi connectivity index (χ2v) is 4.15. The second kappa shape index (κ2) is 5.01. The summed E-state index contributed by atoms with van der Waals surface area (Å²) >= 11 is 0. The summed E-state index contributed by atoms with van der Waals surface area (Å²) in [5.41, 5.74) is 4.99. The fourth-order valence-corrected chi connectivity index (χ4v) is 1.67. The molecule has 0 spiro atoms. The summed E-state index contributed by atoms with van der Waals surface area (Å²) in [6.45, 7) is 2.49. The molecule has 0 aromatic rings. The SMILES string of the molecule is CN1CCN(CC(C(=N)N)C(F)(F)F)CC1. The minimum absolute atomic E-state index is 0.202. The highest BCUT2D eigenvalue weighted by atomic mass is 19.4. The van der Waals surface area contributed by atoms with Gasteiger partial charge in [-0.2, -0.15) is 13.2 Å². The molecule has 1 unspecified atom stereocenters. The predicted molar refractivity (Wildman–Crippen MR) is 55.4 cm³/mol. The standard InChI is InChI=1S/C9H17F3N4/c1-15-2-4-16(5-3-15)6-7(8(13)14)9(10,11)12/h7H,2-6H2,1H3,(H3,13,14). The number of alkyl halides is 3. The molecule has 94 valence electrons. The summed E-state index contributed by atoms with van der Waals surface area (Å²) in [5, 5.41) is 6.99. The molecule has 0 saturated carbocycles. The van der Waals surface area contributed by atoms with Gasteiger partial charge in [0.05, 0.1) is 0 Å². The number of nitrogens with one attached hydrogen (secondary N) is 1. The van der Waals surface area contributed by atoms with E-state index in [9.17, 15) is 13.2 Å². The van der Waals surface area contributed by atoms with E-state index in [4.69, 9.17) is 11.1 Å². The van der Waals surface area contributed by atoms with Crippen LogP contribution in [0.1, 0.15) is 0 Å².